The number of carbonyl (C=O) groups is 1. The summed E-state index contributed by atoms with van der Waals surface area (Å²) < 4.78 is 0. The van der Waals surface area contributed by atoms with E-state index >= 15 is 0 Å². The van der Waals surface area contributed by atoms with Crippen LogP contribution in [-0.4, -0.2) is 17.3 Å². The number of benzene rings is 1. The predicted molar refractivity (Wildman–Crippen MR) is 73.0 cm³/mol. The van der Waals surface area contributed by atoms with Gasteiger partial charge in [-0.05, 0) is 37.1 Å². The predicted octanol–water partition coefficient (Wildman–Crippen LogP) is 3.87. The van der Waals surface area contributed by atoms with Crippen LogP contribution in [0, 0.1) is 0 Å². The summed E-state index contributed by atoms with van der Waals surface area (Å²) in [5.41, 5.74) is 0.281. The molecule has 0 bridgehead atoms. The van der Waals surface area contributed by atoms with Gasteiger partial charge in [0.05, 0.1) is 5.54 Å². The number of alkyl halides is 1. The Morgan fingerprint density at radius 1 is 1.24 bits per heavy atom. The fourth-order valence-electron chi connectivity index (χ4n) is 1.56. The van der Waals surface area contributed by atoms with Crippen LogP contribution in [0.3, 0.4) is 0 Å². The lowest BCUT2D eigenvalue weighted by atomic mass is 9.94. The third-order valence-electron chi connectivity index (χ3n) is 3.09. The summed E-state index contributed by atoms with van der Waals surface area (Å²) in [7, 11) is 0. The average Bonchev–Trinajstić information content (AvgIpc) is 2.37. The van der Waals surface area contributed by atoms with Gasteiger partial charge < -0.3 is 5.32 Å². The Morgan fingerprint density at radius 3 is 2.18 bits per heavy atom. The fraction of sp³-hybridized carbons (Fsp3) is 0.462. The zero-order chi connectivity index (χ0) is 12.9. The SMILES string of the molecule is CCC(CC)(CCl)NC(=O)c1ccc(Cl)cc1. The lowest BCUT2D eigenvalue weighted by Crippen LogP contribution is -2.49. The molecule has 0 spiro atoms. The molecule has 1 N–H and O–H groups in total. The van der Waals surface area contributed by atoms with Gasteiger partial charge in [-0.1, -0.05) is 25.4 Å². The highest BCUT2D eigenvalue weighted by Gasteiger charge is 2.27. The van der Waals surface area contributed by atoms with Crippen molar-refractivity contribution >= 4 is 29.1 Å². The van der Waals surface area contributed by atoms with Crippen molar-refractivity contribution in [2.24, 2.45) is 0 Å². The van der Waals surface area contributed by atoms with Gasteiger partial charge in [0.15, 0.2) is 0 Å². The Balaban J connectivity index is 2.81. The van der Waals surface area contributed by atoms with Crippen molar-refractivity contribution < 1.29 is 4.79 Å². The number of nitrogens with one attached hydrogen (secondary N) is 1. The summed E-state index contributed by atoms with van der Waals surface area (Å²) in [5, 5.41) is 3.62. The van der Waals surface area contributed by atoms with Crippen LogP contribution in [0.5, 0.6) is 0 Å². The van der Waals surface area contributed by atoms with Crippen molar-refractivity contribution in [3.8, 4) is 0 Å². The van der Waals surface area contributed by atoms with Crippen LogP contribution >= 0.6 is 23.2 Å². The van der Waals surface area contributed by atoms with Gasteiger partial charge in [-0.25, -0.2) is 0 Å². The first kappa shape index (κ1) is 14.3. The summed E-state index contributed by atoms with van der Waals surface area (Å²) in [6.07, 6.45) is 1.62. The summed E-state index contributed by atoms with van der Waals surface area (Å²) in [4.78, 5) is 12.0. The zero-order valence-corrected chi connectivity index (χ0v) is 11.6. The molecule has 1 amide bonds. The van der Waals surface area contributed by atoms with Crippen LogP contribution in [0.1, 0.15) is 37.0 Å². The largest absolute Gasteiger partial charge is 0.345 e. The molecule has 0 heterocycles. The molecule has 17 heavy (non-hydrogen) atoms. The topological polar surface area (TPSA) is 29.1 Å². The van der Waals surface area contributed by atoms with E-state index < -0.39 is 0 Å². The number of halogens is 2. The second kappa shape index (κ2) is 6.27. The van der Waals surface area contributed by atoms with E-state index in [-0.39, 0.29) is 11.4 Å². The Labute approximate surface area is 112 Å². The van der Waals surface area contributed by atoms with Crippen LogP contribution in [-0.2, 0) is 0 Å². The molecule has 0 aliphatic carbocycles. The molecule has 0 saturated carbocycles. The van der Waals surface area contributed by atoms with Crippen LogP contribution < -0.4 is 5.32 Å². The van der Waals surface area contributed by atoms with E-state index in [1.54, 1.807) is 24.3 Å². The van der Waals surface area contributed by atoms with Crippen LogP contribution in [0.25, 0.3) is 0 Å². The van der Waals surface area contributed by atoms with E-state index in [9.17, 15) is 4.79 Å². The number of carbonyl (C=O) groups excluding carboxylic acids is 1. The van der Waals surface area contributed by atoms with E-state index in [0.717, 1.165) is 12.8 Å². The maximum Gasteiger partial charge on any atom is 0.251 e. The Bertz CT molecular complexity index is 363. The first-order chi connectivity index (χ1) is 8.06. The van der Waals surface area contributed by atoms with Gasteiger partial charge in [-0.3, -0.25) is 4.79 Å². The highest BCUT2D eigenvalue weighted by Crippen LogP contribution is 2.18. The molecule has 4 heteroatoms. The maximum atomic E-state index is 12.0. The molecule has 0 radical (unpaired) electrons. The highest BCUT2D eigenvalue weighted by molar-refractivity contribution is 6.30. The van der Waals surface area contributed by atoms with E-state index in [2.05, 4.69) is 5.32 Å². The van der Waals surface area contributed by atoms with Crippen molar-refractivity contribution in [3.63, 3.8) is 0 Å². The van der Waals surface area contributed by atoms with Crippen LogP contribution in [0.4, 0.5) is 0 Å². The quantitative estimate of drug-likeness (QED) is 0.811. The highest BCUT2D eigenvalue weighted by atomic mass is 35.5. The van der Waals surface area contributed by atoms with Crippen molar-refractivity contribution in [2.45, 2.75) is 32.2 Å². The molecule has 0 unspecified atom stereocenters. The molecule has 0 saturated heterocycles. The van der Waals surface area contributed by atoms with Crippen LogP contribution in [0.2, 0.25) is 5.02 Å². The second-order valence-electron chi connectivity index (χ2n) is 4.08. The molecule has 0 aromatic heterocycles. The van der Waals surface area contributed by atoms with Crippen molar-refractivity contribution in [1.29, 1.82) is 0 Å². The van der Waals surface area contributed by atoms with Crippen LogP contribution in [0.15, 0.2) is 24.3 Å². The summed E-state index contributed by atoms with van der Waals surface area (Å²) >= 11 is 11.7. The standard InChI is InChI=1S/C13H17Cl2NO/c1-3-13(4-2,9-14)16-12(17)10-5-7-11(15)8-6-10/h5-8H,3-4,9H2,1-2H3,(H,16,17). The summed E-state index contributed by atoms with van der Waals surface area (Å²) in [5.74, 6) is 0.310. The van der Waals surface area contributed by atoms with Crippen molar-refractivity contribution in [3.05, 3.63) is 34.9 Å². The lowest BCUT2D eigenvalue weighted by molar-refractivity contribution is 0.0902. The molecule has 1 rings (SSSR count). The monoisotopic (exact) mass is 273 g/mol. The van der Waals surface area contributed by atoms with Gasteiger partial charge in [0.2, 0.25) is 0 Å². The molecule has 1 aromatic carbocycles. The van der Waals surface area contributed by atoms with E-state index in [4.69, 9.17) is 23.2 Å². The molecule has 0 aliphatic heterocycles. The number of hydrogen-bond donors (Lipinski definition) is 1. The molecule has 0 fully saturated rings. The molecule has 94 valence electrons. The van der Waals surface area contributed by atoms with Gasteiger partial charge >= 0.3 is 0 Å². The molecule has 2 nitrogen and oxygen atoms in total. The minimum Gasteiger partial charge on any atom is -0.345 e. The Morgan fingerprint density at radius 2 is 1.76 bits per heavy atom. The first-order valence-corrected chi connectivity index (χ1v) is 6.62. The van der Waals surface area contributed by atoms with Crippen molar-refractivity contribution in [1.82, 2.24) is 5.32 Å². The fourth-order valence-corrected chi connectivity index (χ4v) is 2.13. The third-order valence-corrected chi connectivity index (χ3v) is 3.86. The van der Waals surface area contributed by atoms with E-state index in [1.807, 2.05) is 13.8 Å². The third kappa shape index (κ3) is 3.62. The smallest absolute Gasteiger partial charge is 0.251 e. The zero-order valence-electron chi connectivity index (χ0n) is 10.1. The van der Waals surface area contributed by atoms with Gasteiger partial charge in [0.25, 0.3) is 5.91 Å². The first-order valence-electron chi connectivity index (χ1n) is 5.71. The van der Waals surface area contributed by atoms with Gasteiger partial charge in [0.1, 0.15) is 0 Å². The average molecular weight is 274 g/mol. The minimum absolute atomic E-state index is 0.106. The molecular formula is C13H17Cl2NO. The van der Waals surface area contributed by atoms with Gasteiger partial charge in [0, 0.05) is 16.5 Å². The molecular weight excluding hydrogens is 257 g/mol. The molecule has 0 aliphatic rings. The van der Waals surface area contributed by atoms with E-state index in [1.165, 1.54) is 0 Å². The molecule has 1 aromatic rings. The second-order valence-corrected chi connectivity index (χ2v) is 4.79. The normalized spacial score (nSPS) is 11.3. The summed E-state index contributed by atoms with van der Waals surface area (Å²) in [6.45, 7) is 4.04. The summed E-state index contributed by atoms with van der Waals surface area (Å²) in [6, 6.07) is 6.83. The van der Waals surface area contributed by atoms with Gasteiger partial charge in [-0.2, -0.15) is 0 Å². The van der Waals surface area contributed by atoms with Crippen molar-refractivity contribution in [2.75, 3.05) is 5.88 Å². The Hall–Kier alpha value is -0.730. The minimum atomic E-state index is -0.321. The number of rotatable bonds is 5. The maximum absolute atomic E-state index is 12.0. The lowest BCUT2D eigenvalue weighted by Gasteiger charge is -2.30. The molecule has 0 atom stereocenters. The van der Waals surface area contributed by atoms with Gasteiger partial charge in [-0.15, -0.1) is 11.6 Å². The number of hydrogen-bond acceptors (Lipinski definition) is 1. The number of amides is 1. The Kier molecular flexibility index (Phi) is 5.29. The van der Waals surface area contributed by atoms with E-state index in [0.29, 0.717) is 16.5 Å².